The Morgan fingerprint density at radius 1 is 1.33 bits per heavy atom. The van der Waals surface area contributed by atoms with Crippen molar-refractivity contribution in [1.29, 1.82) is 0 Å². The first-order chi connectivity index (χ1) is 12.4. The van der Waals surface area contributed by atoms with E-state index in [1.165, 1.54) is 0 Å². The van der Waals surface area contributed by atoms with Crippen LogP contribution < -0.4 is 20.5 Å². The van der Waals surface area contributed by atoms with Gasteiger partial charge in [0.05, 0.1) is 6.61 Å². The van der Waals surface area contributed by atoms with Crippen molar-refractivity contribution >= 4 is 18.3 Å². The minimum Gasteiger partial charge on any atom is -0.494 e. The Balaban J connectivity index is 0.00000261. The Morgan fingerprint density at radius 2 is 2.04 bits per heavy atom. The lowest BCUT2D eigenvalue weighted by Gasteiger charge is -2.24. The van der Waals surface area contributed by atoms with Crippen molar-refractivity contribution in [2.45, 2.75) is 45.4 Å². The maximum Gasteiger partial charge on any atom is 0.244 e. The SMILES string of the molecule is CCOc1cc2c(cc1CNC(=O)C(C)(N)c1ccccc1)OC(C)C2.Cl. The molecule has 0 spiro atoms. The normalized spacial score (nSPS) is 17.1. The van der Waals surface area contributed by atoms with Crippen molar-refractivity contribution in [3.8, 4) is 11.5 Å². The van der Waals surface area contributed by atoms with Crippen molar-refractivity contribution < 1.29 is 14.3 Å². The van der Waals surface area contributed by atoms with Gasteiger partial charge in [-0.15, -0.1) is 12.4 Å². The lowest BCUT2D eigenvalue weighted by molar-refractivity contribution is -0.126. The van der Waals surface area contributed by atoms with Gasteiger partial charge in [0, 0.05) is 24.1 Å². The molecule has 0 saturated heterocycles. The van der Waals surface area contributed by atoms with E-state index in [4.69, 9.17) is 15.2 Å². The monoisotopic (exact) mass is 390 g/mol. The van der Waals surface area contributed by atoms with E-state index in [0.29, 0.717) is 13.2 Å². The Labute approximate surface area is 166 Å². The fourth-order valence-corrected chi connectivity index (χ4v) is 3.18. The highest BCUT2D eigenvalue weighted by atomic mass is 35.5. The van der Waals surface area contributed by atoms with Crippen LogP contribution in [0.3, 0.4) is 0 Å². The number of amides is 1. The lowest BCUT2D eigenvalue weighted by atomic mass is 9.92. The fraction of sp³-hybridized carbons (Fsp3) is 0.381. The largest absolute Gasteiger partial charge is 0.494 e. The van der Waals surface area contributed by atoms with Gasteiger partial charge in [0.1, 0.15) is 23.1 Å². The highest BCUT2D eigenvalue weighted by Gasteiger charge is 2.30. The molecule has 2 aromatic carbocycles. The number of nitrogens with one attached hydrogen (secondary N) is 1. The summed E-state index contributed by atoms with van der Waals surface area (Å²) in [5.74, 6) is 1.41. The summed E-state index contributed by atoms with van der Waals surface area (Å²) in [5, 5.41) is 2.94. The number of carbonyl (C=O) groups excluding carboxylic acids is 1. The second-order valence-corrected chi connectivity index (χ2v) is 6.88. The Kier molecular flexibility index (Phi) is 6.73. The van der Waals surface area contributed by atoms with Crippen LogP contribution in [-0.4, -0.2) is 18.6 Å². The second kappa shape index (κ2) is 8.63. The third kappa shape index (κ3) is 4.54. The lowest BCUT2D eigenvalue weighted by Crippen LogP contribution is -2.48. The molecule has 1 heterocycles. The van der Waals surface area contributed by atoms with Crippen LogP contribution in [0.5, 0.6) is 11.5 Å². The fourth-order valence-electron chi connectivity index (χ4n) is 3.18. The standard InChI is InChI=1S/C21H26N2O3.ClH/c1-4-25-18-11-15-10-14(2)26-19(15)12-16(18)13-23-20(24)21(3,22)17-8-6-5-7-9-17;/h5-9,11-12,14H,4,10,13,22H2,1-3H3,(H,23,24);1H. The van der Waals surface area contributed by atoms with Crippen molar-refractivity contribution in [2.75, 3.05) is 6.61 Å². The summed E-state index contributed by atoms with van der Waals surface area (Å²) in [7, 11) is 0. The summed E-state index contributed by atoms with van der Waals surface area (Å²) < 4.78 is 11.6. The zero-order chi connectivity index (χ0) is 18.7. The number of ether oxygens (including phenoxy) is 2. The van der Waals surface area contributed by atoms with Gasteiger partial charge >= 0.3 is 0 Å². The third-order valence-electron chi connectivity index (χ3n) is 4.66. The van der Waals surface area contributed by atoms with Gasteiger partial charge in [0.25, 0.3) is 0 Å². The van der Waals surface area contributed by atoms with E-state index < -0.39 is 5.54 Å². The number of rotatable bonds is 6. The number of nitrogens with two attached hydrogens (primary N) is 1. The molecular formula is C21H27ClN2O3. The maximum atomic E-state index is 12.7. The molecule has 0 bridgehead atoms. The summed E-state index contributed by atoms with van der Waals surface area (Å²) >= 11 is 0. The van der Waals surface area contributed by atoms with Crippen LogP contribution in [0.15, 0.2) is 42.5 Å². The van der Waals surface area contributed by atoms with Crippen molar-refractivity contribution in [1.82, 2.24) is 5.32 Å². The van der Waals surface area contributed by atoms with Crippen LogP contribution >= 0.6 is 12.4 Å². The molecule has 146 valence electrons. The highest BCUT2D eigenvalue weighted by molar-refractivity contribution is 5.87. The van der Waals surface area contributed by atoms with Crippen LogP contribution in [-0.2, 0) is 23.3 Å². The van der Waals surface area contributed by atoms with Gasteiger partial charge in [-0.2, -0.15) is 0 Å². The molecular weight excluding hydrogens is 364 g/mol. The number of hydrogen-bond acceptors (Lipinski definition) is 4. The Bertz CT molecular complexity index is 794. The van der Waals surface area contributed by atoms with Gasteiger partial charge in [-0.3, -0.25) is 4.79 Å². The molecule has 2 unspecified atom stereocenters. The predicted molar refractivity (Wildman–Crippen MR) is 108 cm³/mol. The van der Waals surface area contributed by atoms with E-state index in [1.54, 1.807) is 6.92 Å². The van der Waals surface area contributed by atoms with Crippen LogP contribution in [0.4, 0.5) is 0 Å². The van der Waals surface area contributed by atoms with E-state index in [0.717, 1.165) is 34.6 Å². The zero-order valence-electron chi connectivity index (χ0n) is 16.0. The van der Waals surface area contributed by atoms with E-state index in [9.17, 15) is 4.79 Å². The summed E-state index contributed by atoms with van der Waals surface area (Å²) in [6.07, 6.45) is 1.03. The van der Waals surface area contributed by atoms with Crippen molar-refractivity contribution in [3.63, 3.8) is 0 Å². The molecule has 0 aromatic heterocycles. The third-order valence-corrected chi connectivity index (χ3v) is 4.66. The first kappa shape index (κ1) is 21.1. The van der Waals surface area contributed by atoms with Gasteiger partial charge in [-0.05, 0) is 38.5 Å². The highest BCUT2D eigenvalue weighted by Crippen LogP contribution is 2.35. The van der Waals surface area contributed by atoms with Gasteiger partial charge in [-0.25, -0.2) is 0 Å². The van der Waals surface area contributed by atoms with Gasteiger partial charge < -0.3 is 20.5 Å². The second-order valence-electron chi connectivity index (χ2n) is 6.88. The Morgan fingerprint density at radius 3 is 2.70 bits per heavy atom. The number of carbonyl (C=O) groups is 1. The summed E-state index contributed by atoms with van der Waals surface area (Å²) in [5.41, 5.74) is 7.98. The topological polar surface area (TPSA) is 73.6 Å². The number of benzene rings is 2. The first-order valence-corrected chi connectivity index (χ1v) is 8.99. The number of fused-ring (bicyclic) bond motifs is 1. The maximum absolute atomic E-state index is 12.7. The van der Waals surface area contributed by atoms with Crippen LogP contribution in [0.25, 0.3) is 0 Å². The molecule has 2 aromatic rings. The minimum atomic E-state index is -1.10. The predicted octanol–water partition coefficient (Wildman–Crippen LogP) is 3.32. The molecule has 0 aliphatic carbocycles. The molecule has 0 fully saturated rings. The number of hydrogen-bond donors (Lipinski definition) is 2. The summed E-state index contributed by atoms with van der Waals surface area (Å²) in [6.45, 7) is 6.60. The molecule has 27 heavy (non-hydrogen) atoms. The van der Waals surface area contributed by atoms with Gasteiger partial charge in [-0.1, -0.05) is 30.3 Å². The molecule has 6 heteroatoms. The molecule has 1 amide bonds. The first-order valence-electron chi connectivity index (χ1n) is 8.99. The van der Waals surface area contributed by atoms with Crippen molar-refractivity contribution in [3.05, 3.63) is 59.2 Å². The summed E-state index contributed by atoms with van der Waals surface area (Å²) in [4.78, 5) is 12.7. The quantitative estimate of drug-likeness (QED) is 0.793. The van der Waals surface area contributed by atoms with Crippen LogP contribution in [0, 0.1) is 0 Å². The minimum absolute atomic E-state index is 0. The van der Waals surface area contributed by atoms with E-state index in [1.807, 2.05) is 56.3 Å². The van der Waals surface area contributed by atoms with E-state index >= 15 is 0 Å². The van der Waals surface area contributed by atoms with Gasteiger partial charge in [0.15, 0.2) is 0 Å². The zero-order valence-corrected chi connectivity index (χ0v) is 16.8. The van der Waals surface area contributed by atoms with E-state index in [2.05, 4.69) is 5.32 Å². The van der Waals surface area contributed by atoms with Crippen LogP contribution in [0.1, 0.15) is 37.5 Å². The average molecular weight is 391 g/mol. The van der Waals surface area contributed by atoms with Gasteiger partial charge in [0.2, 0.25) is 5.91 Å². The molecule has 0 radical (unpaired) electrons. The Hall–Kier alpha value is -2.24. The molecule has 3 rings (SSSR count). The molecule has 2 atom stereocenters. The molecule has 0 saturated carbocycles. The molecule has 1 aliphatic rings. The molecule has 3 N–H and O–H groups in total. The summed E-state index contributed by atoms with van der Waals surface area (Å²) in [6, 6.07) is 13.3. The van der Waals surface area contributed by atoms with Crippen LogP contribution in [0.2, 0.25) is 0 Å². The van der Waals surface area contributed by atoms with Crippen molar-refractivity contribution in [2.24, 2.45) is 5.73 Å². The smallest absolute Gasteiger partial charge is 0.244 e. The van der Waals surface area contributed by atoms with E-state index in [-0.39, 0.29) is 24.4 Å². The average Bonchev–Trinajstić information content (AvgIpc) is 2.99. The molecule has 1 aliphatic heterocycles. The molecule has 5 nitrogen and oxygen atoms in total. The number of halogens is 1.